The minimum absolute atomic E-state index is 1.13. The molecule has 0 rings (SSSR count). The van der Waals surface area contributed by atoms with Crippen molar-refractivity contribution in [3.05, 3.63) is 18.1 Å². The Morgan fingerprint density at radius 3 is 2.14 bits per heavy atom. The molecule has 0 unspecified atom stereocenters. The maximum Gasteiger partial charge on any atom is -0.0733 e. The highest BCUT2D eigenvalue weighted by molar-refractivity contribution is 5.14. The van der Waals surface area contributed by atoms with E-state index in [1.165, 1.54) is 11.5 Å². The van der Waals surface area contributed by atoms with Crippen LogP contribution >= 0.6 is 0 Å². The maximum atomic E-state index is 3.79. The summed E-state index contributed by atoms with van der Waals surface area (Å²) in [5.74, 6) is 1.40. The fourth-order valence-corrected chi connectivity index (χ4v) is 0.302. The average Bonchev–Trinajstić information content (AvgIpc) is 1.65. The number of rotatable bonds is 2. The maximum absolute atomic E-state index is 3.79. The van der Waals surface area contributed by atoms with E-state index in [2.05, 4.69) is 20.4 Å². The Labute approximate surface area is 46.2 Å². The summed E-state index contributed by atoms with van der Waals surface area (Å²) in [5, 5.41) is 0. The second-order valence-electron chi connectivity index (χ2n) is 1.91. The minimum atomic E-state index is 1.13. The van der Waals surface area contributed by atoms with Crippen molar-refractivity contribution < 1.29 is 0 Å². The van der Waals surface area contributed by atoms with Crippen molar-refractivity contribution in [2.45, 2.75) is 27.2 Å². The van der Waals surface area contributed by atoms with Crippen molar-refractivity contribution >= 4 is 0 Å². The second kappa shape index (κ2) is 2.73. The van der Waals surface area contributed by atoms with Crippen molar-refractivity contribution in [3.8, 4) is 0 Å². The largest absolute Gasteiger partial charge is 0.242 e. The summed E-state index contributed by atoms with van der Waals surface area (Å²) in [6, 6.07) is 0. The first-order chi connectivity index (χ1) is 3.18. The number of allylic oxidation sites excluding steroid dienone is 1. The molecule has 0 nitrogen and oxygen atoms in total. The first kappa shape index (κ1) is 6.61. The van der Waals surface area contributed by atoms with E-state index in [9.17, 15) is 0 Å². The van der Waals surface area contributed by atoms with E-state index >= 15 is 0 Å². The predicted molar refractivity (Wildman–Crippen MR) is 34.0 cm³/mol. The summed E-state index contributed by atoms with van der Waals surface area (Å²) in [7, 11) is 0. The Morgan fingerprint density at radius 2 is 2.14 bits per heavy atom. The van der Waals surface area contributed by atoms with Crippen molar-refractivity contribution in [2.75, 3.05) is 0 Å². The monoisotopic (exact) mass is 97.1 g/mol. The smallest absolute Gasteiger partial charge is 0.0733 e. The summed E-state index contributed by atoms with van der Waals surface area (Å²) < 4.78 is 0. The molecule has 0 amide bonds. The molecule has 0 atom stereocenters. The molecule has 0 fully saturated rings. The molecule has 0 aliphatic carbocycles. The van der Waals surface area contributed by atoms with Gasteiger partial charge in [0.15, 0.2) is 0 Å². The normalized spacial score (nSPS) is 8.43. The second-order valence-corrected chi connectivity index (χ2v) is 1.91. The van der Waals surface area contributed by atoms with Gasteiger partial charge in [0.1, 0.15) is 0 Å². The van der Waals surface area contributed by atoms with E-state index in [1.54, 1.807) is 0 Å². The topological polar surface area (TPSA) is 0 Å². The summed E-state index contributed by atoms with van der Waals surface area (Å²) in [4.78, 5) is 0. The van der Waals surface area contributed by atoms with E-state index in [0.29, 0.717) is 0 Å². The average molecular weight is 97.2 g/mol. The molecule has 0 aliphatic heterocycles. The minimum Gasteiger partial charge on any atom is -0.242 e. The van der Waals surface area contributed by atoms with Crippen molar-refractivity contribution in [1.29, 1.82) is 0 Å². The summed E-state index contributed by atoms with van der Waals surface area (Å²) in [5.41, 5.74) is 1.21. The fourth-order valence-electron chi connectivity index (χ4n) is 0.302. The molecule has 0 aromatic rings. The highest BCUT2D eigenvalue weighted by Crippen LogP contribution is 2.12. The van der Waals surface area contributed by atoms with E-state index in [0.717, 1.165) is 6.42 Å². The Bertz CT molecular complexity index is 62.4. The van der Waals surface area contributed by atoms with Crippen LogP contribution in [0.5, 0.6) is 0 Å². The lowest BCUT2D eigenvalue weighted by atomic mass is 10.0. The third-order valence-corrected chi connectivity index (χ3v) is 1.26. The molecule has 0 bridgehead atoms. The molecule has 0 N–H and O–H groups in total. The van der Waals surface area contributed by atoms with Crippen molar-refractivity contribution in [3.63, 3.8) is 0 Å². The van der Waals surface area contributed by atoms with Gasteiger partial charge in [0.05, 0.1) is 0 Å². The third kappa shape index (κ3) is 2.32. The van der Waals surface area contributed by atoms with E-state index in [-0.39, 0.29) is 0 Å². The van der Waals surface area contributed by atoms with Crippen LogP contribution in [-0.4, -0.2) is 0 Å². The molecule has 0 aromatic carbocycles. The van der Waals surface area contributed by atoms with Crippen LogP contribution in [0.4, 0.5) is 0 Å². The van der Waals surface area contributed by atoms with Crippen molar-refractivity contribution in [1.82, 2.24) is 0 Å². The zero-order valence-electron chi connectivity index (χ0n) is 5.41. The van der Waals surface area contributed by atoms with Gasteiger partial charge in [0.25, 0.3) is 0 Å². The first-order valence-electron chi connectivity index (χ1n) is 2.66. The van der Waals surface area contributed by atoms with Crippen LogP contribution in [0.1, 0.15) is 27.2 Å². The Kier molecular flexibility index (Phi) is 2.58. The molecule has 0 aromatic heterocycles. The predicted octanol–water partition coefficient (Wildman–Crippen LogP) is 2.57. The van der Waals surface area contributed by atoms with Crippen LogP contribution in [0.15, 0.2) is 12.2 Å². The fraction of sp³-hybridized carbons (Fsp3) is 0.571. The number of hydrogen-bond donors (Lipinski definition) is 0. The van der Waals surface area contributed by atoms with Gasteiger partial charge in [-0.3, -0.25) is 0 Å². The molecule has 0 aliphatic rings. The van der Waals surface area contributed by atoms with Crippen LogP contribution < -0.4 is 0 Å². The van der Waals surface area contributed by atoms with Gasteiger partial charge in [-0.25, -0.2) is 18.1 Å². The summed E-state index contributed by atoms with van der Waals surface area (Å²) in [6.07, 6.45) is 1.13. The summed E-state index contributed by atoms with van der Waals surface area (Å²) >= 11 is 0. The van der Waals surface area contributed by atoms with E-state index in [1.807, 2.05) is 6.92 Å². The Hall–Kier alpha value is -0.390. The lowest BCUT2D eigenvalue weighted by molar-refractivity contribution is 0.942. The SMILES string of the molecule is C=C(C)[C-](C)CC. The van der Waals surface area contributed by atoms with Gasteiger partial charge in [-0.15, -0.1) is 13.3 Å². The molecule has 0 saturated carbocycles. The molecule has 0 heteroatoms. The summed E-state index contributed by atoms with van der Waals surface area (Å²) in [6.45, 7) is 10.1. The Balaban J connectivity index is 3.34. The molecule has 7 heavy (non-hydrogen) atoms. The van der Waals surface area contributed by atoms with Crippen LogP contribution in [0.2, 0.25) is 0 Å². The van der Waals surface area contributed by atoms with Gasteiger partial charge in [-0.2, -0.15) is 0 Å². The zero-order chi connectivity index (χ0) is 5.86. The van der Waals surface area contributed by atoms with Gasteiger partial charge in [-0.05, 0) is 0 Å². The molecule has 0 heterocycles. The lowest BCUT2D eigenvalue weighted by Gasteiger charge is -2.16. The van der Waals surface area contributed by atoms with Gasteiger partial charge >= 0.3 is 0 Å². The molecular weight excluding hydrogens is 84.1 g/mol. The Morgan fingerprint density at radius 1 is 1.71 bits per heavy atom. The quantitative estimate of drug-likeness (QED) is 0.464. The van der Waals surface area contributed by atoms with Crippen LogP contribution in [-0.2, 0) is 0 Å². The third-order valence-electron chi connectivity index (χ3n) is 1.26. The standard InChI is InChI=1S/C7H13/c1-5-7(4)6(2)3/h2,5H2,1,3-4H3/q-1. The highest BCUT2D eigenvalue weighted by Gasteiger charge is 1.82. The molecule has 42 valence electrons. The van der Waals surface area contributed by atoms with E-state index in [4.69, 9.17) is 0 Å². The van der Waals surface area contributed by atoms with Crippen molar-refractivity contribution in [2.24, 2.45) is 0 Å². The highest BCUT2D eigenvalue weighted by atomic mass is 14.0. The van der Waals surface area contributed by atoms with Gasteiger partial charge < -0.3 is 0 Å². The lowest BCUT2D eigenvalue weighted by Crippen LogP contribution is -1.86. The van der Waals surface area contributed by atoms with Crippen LogP contribution in [0, 0.1) is 5.92 Å². The zero-order valence-corrected chi connectivity index (χ0v) is 5.41. The van der Waals surface area contributed by atoms with Gasteiger partial charge in [0.2, 0.25) is 0 Å². The number of hydrogen-bond acceptors (Lipinski definition) is 0. The first-order valence-corrected chi connectivity index (χ1v) is 2.66. The molecule has 0 saturated heterocycles. The van der Waals surface area contributed by atoms with E-state index < -0.39 is 0 Å². The molecule has 0 radical (unpaired) electrons. The molecule has 0 spiro atoms. The van der Waals surface area contributed by atoms with Crippen LogP contribution in [0.3, 0.4) is 0 Å². The van der Waals surface area contributed by atoms with Gasteiger partial charge in [-0.1, -0.05) is 13.8 Å². The van der Waals surface area contributed by atoms with Gasteiger partial charge in [0, 0.05) is 0 Å². The van der Waals surface area contributed by atoms with Crippen LogP contribution in [0.25, 0.3) is 0 Å². The molecular formula is C7H13-.